The van der Waals surface area contributed by atoms with E-state index in [1.165, 1.54) is 12.1 Å². The van der Waals surface area contributed by atoms with Crippen LogP contribution >= 0.6 is 24.0 Å². The Balaban J connectivity index is 1.79. The van der Waals surface area contributed by atoms with Gasteiger partial charge in [-0.25, -0.2) is 0 Å². The van der Waals surface area contributed by atoms with E-state index in [9.17, 15) is 14.7 Å². The molecule has 1 saturated heterocycles. The maximum Gasteiger partial charge on any atom is 0.285 e. The lowest BCUT2D eigenvalue weighted by molar-refractivity contribution is -0.123. The van der Waals surface area contributed by atoms with Gasteiger partial charge in [0.25, 0.3) is 11.8 Å². The summed E-state index contributed by atoms with van der Waals surface area (Å²) in [6.45, 7) is 1.80. The molecular formula is C16H12N2O4S2. The fourth-order valence-electron chi connectivity index (χ4n) is 2.05. The van der Waals surface area contributed by atoms with E-state index in [0.29, 0.717) is 10.7 Å². The average molecular weight is 360 g/mol. The van der Waals surface area contributed by atoms with Crippen LogP contribution in [0.1, 0.15) is 21.9 Å². The van der Waals surface area contributed by atoms with Crippen LogP contribution in [0.3, 0.4) is 0 Å². The molecule has 1 aliphatic heterocycles. The van der Waals surface area contributed by atoms with Crippen molar-refractivity contribution in [3.8, 4) is 5.75 Å². The van der Waals surface area contributed by atoms with Crippen LogP contribution in [0.15, 0.2) is 45.7 Å². The van der Waals surface area contributed by atoms with Crippen LogP contribution < -0.4 is 5.43 Å². The van der Waals surface area contributed by atoms with Gasteiger partial charge in [0.15, 0.2) is 4.32 Å². The summed E-state index contributed by atoms with van der Waals surface area (Å²) >= 11 is 6.20. The quantitative estimate of drug-likeness (QED) is 0.647. The van der Waals surface area contributed by atoms with Gasteiger partial charge in [0.05, 0.1) is 10.5 Å². The van der Waals surface area contributed by atoms with Crippen molar-refractivity contribution in [1.29, 1.82) is 0 Å². The Morgan fingerprint density at radius 1 is 1.33 bits per heavy atom. The number of benzene rings is 1. The van der Waals surface area contributed by atoms with Gasteiger partial charge in [0.2, 0.25) is 0 Å². The fraction of sp³-hybridized carbons (Fsp3) is 0.0625. The molecule has 0 aliphatic carbocycles. The number of phenols is 1. The summed E-state index contributed by atoms with van der Waals surface area (Å²) in [5.74, 6) is -0.00558. The third-order valence-electron chi connectivity index (χ3n) is 3.19. The first-order valence-corrected chi connectivity index (χ1v) is 8.11. The second kappa shape index (κ2) is 6.50. The Morgan fingerprint density at radius 2 is 2.08 bits per heavy atom. The smallest absolute Gasteiger partial charge is 0.285 e. The highest BCUT2D eigenvalue weighted by Gasteiger charge is 2.34. The Morgan fingerprint density at radius 3 is 2.75 bits per heavy atom. The Hall–Kier alpha value is -2.58. The molecule has 6 nitrogen and oxygen atoms in total. The van der Waals surface area contributed by atoms with Crippen molar-refractivity contribution in [2.45, 2.75) is 6.92 Å². The maximum atomic E-state index is 12.4. The summed E-state index contributed by atoms with van der Waals surface area (Å²) in [5.41, 5.74) is 2.46. The number of phenolic OH excluding ortho intramolecular Hbond substituents is 1. The SMILES string of the molecule is Cc1ccc(/C=C2\SC(=S)N(NC(=O)c3ccccc3O)C2=O)o1. The summed E-state index contributed by atoms with van der Waals surface area (Å²) in [7, 11) is 0. The monoisotopic (exact) mass is 360 g/mol. The van der Waals surface area contributed by atoms with Gasteiger partial charge in [-0.2, -0.15) is 5.01 Å². The van der Waals surface area contributed by atoms with E-state index in [0.717, 1.165) is 22.5 Å². The lowest BCUT2D eigenvalue weighted by Crippen LogP contribution is -2.44. The molecule has 1 fully saturated rings. The number of hydrogen-bond donors (Lipinski definition) is 2. The number of nitrogens with zero attached hydrogens (tertiary/aromatic N) is 1. The third kappa shape index (κ3) is 3.19. The number of nitrogens with one attached hydrogen (secondary N) is 1. The number of thiocarbonyl (C=S) groups is 1. The van der Waals surface area contributed by atoms with Crippen LogP contribution in [-0.4, -0.2) is 26.3 Å². The molecule has 0 radical (unpaired) electrons. The second-order valence-electron chi connectivity index (χ2n) is 4.92. The topological polar surface area (TPSA) is 82.8 Å². The Bertz CT molecular complexity index is 872. The standard InChI is InChI=1S/C16H12N2O4S2/c1-9-6-7-10(22-9)8-13-15(21)18(16(23)24-13)17-14(20)11-4-2-3-5-12(11)19/h2-8,19H,1H3,(H,17,20)/b13-8-. The minimum Gasteiger partial charge on any atom is -0.507 e. The highest BCUT2D eigenvalue weighted by atomic mass is 32.2. The average Bonchev–Trinajstić information content (AvgIpc) is 3.06. The van der Waals surface area contributed by atoms with E-state index >= 15 is 0 Å². The summed E-state index contributed by atoms with van der Waals surface area (Å²) < 4.78 is 5.60. The molecule has 3 rings (SSSR count). The van der Waals surface area contributed by atoms with Crippen molar-refractivity contribution < 1.29 is 19.1 Å². The zero-order chi connectivity index (χ0) is 17.3. The molecule has 8 heteroatoms. The van der Waals surface area contributed by atoms with Crippen molar-refractivity contribution in [2.24, 2.45) is 0 Å². The number of carbonyl (C=O) groups excluding carboxylic acids is 2. The van der Waals surface area contributed by atoms with Crippen LogP contribution in [0.2, 0.25) is 0 Å². The van der Waals surface area contributed by atoms with Gasteiger partial charge in [0.1, 0.15) is 17.3 Å². The molecular weight excluding hydrogens is 348 g/mol. The minimum atomic E-state index is -0.625. The van der Waals surface area contributed by atoms with Crippen molar-refractivity contribution in [1.82, 2.24) is 10.4 Å². The van der Waals surface area contributed by atoms with Crippen molar-refractivity contribution >= 4 is 46.2 Å². The highest BCUT2D eigenvalue weighted by Crippen LogP contribution is 2.32. The molecule has 0 spiro atoms. The van der Waals surface area contributed by atoms with Gasteiger partial charge >= 0.3 is 0 Å². The molecule has 2 amide bonds. The van der Waals surface area contributed by atoms with E-state index in [4.69, 9.17) is 16.6 Å². The molecule has 2 heterocycles. The van der Waals surface area contributed by atoms with E-state index in [1.54, 1.807) is 37.3 Å². The zero-order valence-corrected chi connectivity index (χ0v) is 14.1. The van der Waals surface area contributed by atoms with Gasteiger partial charge < -0.3 is 9.52 Å². The molecule has 0 atom stereocenters. The number of furan rings is 1. The summed E-state index contributed by atoms with van der Waals surface area (Å²) in [4.78, 5) is 25.0. The van der Waals surface area contributed by atoms with Crippen molar-refractivity contribution in [3.05, 3.63) is 58.4 Å². The Kier molecular flexibility index (Phi) is 4.41. The van der Waals surface area contributed by atoms with Crippen LogP contribution in [0.5, 0.6) is 5.75 Å². The first kappa shape index (κ1) is 16.3. The van der Waals surface area contributed by atoms with E-state index in [-0.39, 0.29) is 15.6 Å². The summed E-state index contributed by atoms with van der Waals surface area (Å²) in [5, 5.41) is 10.7. The van der Waals surface area contributed by atoms with Crippen molar-refractivity contribution in [2.75, 3.05) is 0 Å². The van der Waals surface area contributed by atoms with E-state index < -0.39 is 11.8 Å². The third-order valence-corrected chi connectivity index (χ3v) is 4.49. The molecule has 0 unspecified atom stereocenters. The van der Waals surface area contributed by atoms with Crippen LogP contribution in [0.4, 0.5) is 0 Å². The molecule has 24 heavy (non-hydrogen) atoms. The van der Waals surface area contributed by atoms with Gasteiger partial charge in [-0.05, 0) is 43.4 Å². The lowest BCUT2D eigenvalue weighted by atomic mass is 10.2. The van der Waals surface area contributed by atoms with E-state index in [1.807, 2.05) is 0 Å². The van der Waals surface area contributed by atoms with Gasteiger partial charge in [0, 0.05) is 6.08 Å². The molecule has 0 saturated carbocycles. The van der Waals surface area contributed by atoms with Gasteiger partial charge in [-0.1, -0.05) is 23.9 Å². The second-order valence-corrected chi connectivity index (χ2v) is 6.60. The highest BCUT2D eigenvalue weighted by molar-refractivity contribution is 8.26. The van der Waals surface area contributed by atoms with Crippen LogP contribution in [0.25, 0.3) is 6.08 Å². The first-order chi connectivity index (χ1) is 11.5. The molecule has 1 aliphatic rings. The van der Waals surface area contributed by atoms with Crippen LogP contribution in [-0.2, 0) is 4.79 Å². The first-order valence-electron chi connectivity index (χ1n) is 6.89. The number of carbonyl (C=O) groups is 2. The molecule has 1 aromatic carbocycles. The molecule has 0 bridgehead atoms. The normalized spacial score (nSPS) is 16.0. The van der Waals surface area contributed by atoms with Crippen LogP contribution in [0, 0.1) is 6.92 Å². The number of aromatic hydroxyl groups is 1. The van der Waals surface area contributed by atoms with Crippen molar-refractivity contribution in [3.63, 3.8) is 0 Å². The number of aryl methyl sites for hydroxylation is 1. The number of amides is 2. The maximum absolute atomic E-state index is 12.4. The fourth-order valence-corrected chi connectivity index (χ4v) is 3.21. The predicted octanol–water partition coefficient (Wildman–Crippen LogP) is 2.84. The molecule has 1 aromatic heterocycles. The number of thioether (sulfide) groups is 1. The summed E-state index contributed by atoms with van der Waals surface area (Å²) in [6.07, 6.45) is 1.57. The molecule has 2 aromatic rings. The largest absolute Gasteiger partial charge is 0.507 e. The Labute approximate surface area is 147 Å². The number of hydrazine groups is 1. The predicted molar refractivity (Wildman–Crippen MR) is 94.0 cm³/mol. The number of rotatable bonds is 3. The summed E-state index contributed by atoms with van der Waals surface area (Å²) in [6, 6.07) is 9.56. The minimum absolute atomic E-state index is 0.0530. The lowest BCUT2D eigenvalue weighted by Gasteiger charge is -2.15. The zero-order valence-electron chi connectivity index (χ0n) is 12.5. The number of para-hydroxylation sites is 1. The van der Waals surface area contributed by atoms with Gasteiger partial charge in [-0.15, -0.1) is 0 Å². The number of hydrogen-bond acceptors (Lipinski definition) is 6. The molecule has 122 valence electrons. The van der Waals surface area contributed by atoms with Gasteiger partial charge in [-0.3, -0.25) is 15.0 Å². The van der Waals surface area contributed by atoms with E-state index in [2.05, 4.69) is 5.43 Å². The molecule has 2 N–H and O–H groups in total.